The summed E-state index contributed by atoms with van der Waals surface area (Å²) in [5.41, 5.74) is -0.245. The van der Waals surface area contributed by atoms with Crippen LogP contribution in [-0.2, 0) is 28.6 Å². The number of aliphatic hydroxyl groups is 2. The highest BCUT2D eigenvalue weighted by Crippen LogP contribution is 2.37. The smallest absolute Gasteiger partial charge is 0.340 e. The second-order valence-electron chi connectivity index (χ2n) is 7.70. The molecular weight excluding hydrogens is 380 g/mol. The summed E-state index contributed by atoms with van der Waals surface area (Å²) in [5, 5.41) is 19.3. The molecule has 29 heavy (non-hydrogen) atoms. The molecule has 2 rings (SSSR count). The minimum absolute atomic E-state index is 0.00529. The number of hydrogen-bond acceptors (Lipinski definition) is 8. The molecule has 0 aromatic carbocycles. The first kappa shape index (κ1) is 22.8. The number of hydrogen-bond donors (Lipinski definition) is 2. The third-order valence-electron chi connectivity index (χ3n) is 5.01. The highest BCUT2D eigenvalue weighted by Gasteiger charge is 2.46. The van der Waals surface area contributed by atoms with Crippen molar-refractivity contribution in [2.24, 2.45) is 5.92 Å². The normalized spacial score (nSPS) is 30.6. The van der Waals surface area contributed by atoms with Crippen molar-refractivity contribution in [2.45, 2.75) is 57.8 Å². The Morgan fingerprint density at radius 2 is 2.10 bits per heavy atom. The quantitative estimate of drug-likeness (QED) is 0.303. The summed E-state index contributed by atoms with van der Waals surface area (Å²) in [7, 11) is 0. The number of aliphatic hydroxyl groups excluding tert-OH is 1. The molecule has 0 unspecified atom stereocenters. The summed E-state index contributed by atoms with van der Waals surface area (Å²) in [6.07, 6.45) is 3.73. The lowest BCUT2D eigenvalue weighted by molar-refractivity contribution is -0.173. The SMILES string of the molecule is C=C1C(=O)O[C@@H]2C/C(C)=C\CC/C(COC(C)=O)=C\[C@H](OC(=O)[C@@](C)(O)CO)[C@@H]12. The Labute approximate surface area is 169 Å². The van der Waals surface area contributed by atoms with Crippen LogP contribution < -0.4 is 0 Å². The summed E-state index contributed by atoms with van der Waals surface area (Å²) in [5.74, 6) is -2.73. The zero-order valence-corrected chi connectivity index (χ0v) is 17.0. The first-order valence-corrected chi connectivity index (χ1v) is 9.47. The third-order valence-corrected chi connectivity index (χ3v) is 5.01. The molecule has 0 saturated carbocycles. The Morgan fingerprint density at radius 3 is 2.72 bits per heavy atom. The molecule has 1 aliphatic carbocycles. The molecular formula is C21H28O8. The molecule has 0 aromatic heterocycles. The van der Waals surface area contributed by atoms with E-state index in [1.807, 2.05) is 13.0 Å². The predicted molar refractivity (Wildman–Crippen MR) is 102 cm³/mol. The minimum Gasteiger partial charge on any atom is -0.461 e. The first-order chi connectivity index (χ1) is 13.5. The third kappa shape index (κ3) is 5.77. The van der Waals surface area contributed by atoms with Crippen LogP contribution in [0.1, 0.15) is 40.0 Å². The van der Waals surface area contributed by atoms with E-state index in [9.17, 15) is 24.6 Å². The molecule has 1 aliphatic heterocycles. The maximum Gasteiger partial charge on any atom is 0.340 e. The summed E-state index contributed by atoms with van der Waals surface area (Å²) in [4.78, 5) is 35.8. The topological polar surface area (TPSA) is 119 Å². The van der Waals surface area contributed by atoms with Gasteiger partial charge in [0.25, 0.3) is 0 Å². The number of ether oxygens (including phenoxy) is 3. The molecule has 160 valence electrons. The van der Waals surface area contributed by atoms with Crippen LogP contribution in [0.5, 0.6) is 0 Å². The molecule has 2 N–H and O–H groups in total. The second-order valence-corrected chi connectivity index (χ2v) is 7.70. The second kappa shape index (κ2) is 9.37. The highest BCUT2D eigenvalue weighted by molar-refractivity contribution is 5.91. The number of fused-ring (bicyclic) bond motifs is 1. The molecule has 0 aromatic rings. The van der Waals surface area contributed by atoms with Crippen LogP contribution in [0.4, 0.5) is 0 Å². The molecule has 1 heterocycles. The van der Waals surface area contributed by atoms with Gasteiger partial charge in [-0.05, 0) is 38.3 Å². The van der Waals surface area contributed by atoms with E-state index in [1.165, 1.54) is 6.92 Å². The maximum absolute atomic E-state index is 12.4. The molecule has 4 atom stereocenters. The van der Waals surface area contributed by atoms with E-state index in [-0.39, 0.29) is 12.2 Å². The van der Waals surface area contributed by atoms with Crippen LogP contribution in [-0.4, -0.2) is 59.1 Å². The van der Waals surface area contributed by atoms with Gasteiger partial charge in [0.05, 0.1) is 12.5 Å². The lowest BCUT2D eigenvalue weighted by Gasteiger charge is -2.29. The number of rotatable bonds is 5. The Bertz CT molecular complexity index is 746. The number of carbonyl (C=O) groups excluding carboxylic acids is 3. The van der Waals surface area contributed by atoms with Gasteiger partial charge in [0.2, 0.25) is 0 Å². The van der Waals surface area contributed by atoms with E-state index >= 15 is 0 Å². The molecule has 0 spiro atoms. The predicted octanol–water partition coefficient (Wildman–Crippen LogP) is 1.36. The molecule has 0 amide bonds. The summed E-state index contributed by atoms with van der Waals surface area (Å²) >= 11 is 0. The van der Waals surface area contributed by atoms with Gasteiger partial charge in [-0.2, -0.15) is 0 Å². The zero-order valence-electron chi connectivity index (χ0n) is 17.0. The fourth-order valence-corrected chi connectivity index (χ4v) is 3.29. The number of carbonyl (C=O) groups is 3. The van der Waals surface area contributed by atoms with Gasteiger partial charge in [0.1, 0.15) is 18.8 Å². The van der Waals surface area contributed by atoms with Crippen LogP contribution in [0.2, 0.25) is 0 Å². The van der Waals surface area contributed by atoms with Crippen molar-refractivity contribution in [1.29, 1.82) is 0 Å². The molecule has 8 nitrogen and oxygen atoms in total. The summed E-state index contributed by atoms with van der Waals surface area (Å²) in [6.45, 7) is 7.32. The van der Waals surface area contributed by atoms with E-state index in [2.05, 4.69) is 6.58 Å². The molecule has 8 heteroatoms. The molecule has 2 aliphatic rings. The molecule has 1 fully saturated rings. The number of allylic oxidation sites excluding steroid dienone is 1. The van der Waals surface area contributed by atoms with E-state index in [1.54, 1.807) is 6.08 Å². The van der Waals surface area contributed by atoms with Gasteiger partial charge in [-0.25, -0.2) is 9.59 Å². The van der Waals surface area contributed by atoms with Crippen LogP contribution in [0.3, 0.4) is 0 Å². The van der Waals surface area contributed by atoms with Crippen LogP contribution >= 0.6 is 0 Å². The standard InChI is InChI=1S/C21H28O8/c1-12-6-5-7-15(10-27-14(3)23)9-17(29-20(25)21(4,26)11-22)18-13(2)19(24)28-16(18)8-12/h6,9,16-18,22,26H,2,5,7-8,10-11H2,1,3-4H3/b12-6-,15-9+/t16-,17+,18+,21+/m1/s1. The fourth-order valence-electron chi connectivity index (χ4n) is 3.29. The lowest BCUT2D eigenvalue weighted by Crippen LogP contribution is -2.44. The zero-order chi connectivity index (χ0) is 21.8. The van der Waals surface area contributed by atoms with E-state index in [0.29, 0.717) is 24.8 Å². The van der Waals surface area contributed by atoms with Gasteiger partial charge in [-0.15, -0.1) is 0 Å². The van der Waals surface area contributed by atoms with Crippen molar-refractivity contribution in [3.63, 3.8) is 0 Å². The van der Waals surface area contributed by atoms with Gasteiger partial charge in [0.15, 0.2) is 5.60 Å². The van der Waals surface area contributed by atoms with Gasteiger partial charge in [0, 0.05) is 18.9 Å². The van der Waals surface area contributed by atoms with Crippen molar-refractivity contribution < 1.29 is 38.8 Å². The average molecular weight is 408 g/mol. The first-order valence-electron chi connectivity index (χ1n) is 9.47. The van der Waals surface area contributed by atoms with Crippen LogP contribution in [0, 0.1) is 5.92 Å². The van der Waals surface area contributed by atoms with Crippen molar-refractivity contribution >= 4 is 17.9 Å². The summed E-state index contributed by atoms with van der Waals surface area (Å²) < 4.78 is 16.0. The van der Waals surface area contributed by atoms with Crippen LogP contribution in [0.25, 0.3) is 0 Å². The Kier molecular flexibility index (Phi) is 7.37. The molecule has 0 bridgehead atoms. The van der Waals surface area contributed by atoms with Crippen molar-refractivity contribution in [3.8, 4) is 0 Å². The van der Waals surface area contributed by atoms with Crippen LogP contribution in [0.15, 0.2) is 35.5 Å². The molecule has 1 saturated heterocycles. The minimum atomic E-state index is -2.10. The number of esters is 3. The van der Waals surface area contributed by atoms with Crippen molar-refractivity contribution in [1.82, 2.24) is 0 Å². The van der Waals surface area contributed by atoms with Crippen molar-refractivity contribution in [3.05, 3.63) is 35.5 Å². The Morgan fingerprint density at radius 1 is 1.41 bits per heavy atom. The Balaban J connectivity index is 2.44. The van der Waals surface area contributed by atoms with Gasteiger partial charge in [-0.3, -0.25) is 4.79 Å². The average Bonchev–Trinajstić information content (AvgIpc) is 2.91. The highest BCUT2D eigenvalue weighted by atomic mass is 16.6. The summed E-state index contributed by atoms with van der Waals surface area (Å²) in [6, 6.07) is 0. The van der Waals surface area contributed by atoms with Gasteiger partial charge < -0.3 is 24.4 Å². The maximum atomic E-state index is 12.4. The van der Waals surface area contributed by atoms with Crippen molar-refractivity contribution in [2.75, 3.05) is 13.2 Å². The Hall–Kier alpha value is -2.45. The largest absolute Gasteiger partial charge is 0.461 e. The van der Waals surface area contributed by atoms with E-state index in [0.717, 1.165) is 12.5 Å². The van der Waals surface area contributed by atoms with E-state index in [4.69, 9.17) is 14.2 Å². The van der Waals surface area contributed by atoms with Gasteiger partial charge >= 0.3 is 17.9 Å². The monoisotopic (exact) mass is 408 g/mol. The van der Waals surface area contributed by atoms with E-state index < -0.39 is 48.2 Å². The molecule has 0 radical (unpaired) electrons. The lowest BCUT2D eigenvalue weighted by atomic mass is 9.85. The fraction of sp³-hybridized carbons (Fsp3) is 0.571. The van der Waals surface area contributed by atoms with Gasteiger partial charge in [-0.1, -0.05) is 18.2 Å².